The SMILES string of the molecule is O=C(O)CCCC[P+](c1ccccc1)(c1ccccc1)c1ccc(-c2ccccc2)c(-c2ccccc2)c1-c1ccccc1.[Br-]. The molecule has 2 nitrogen and oxygen atoms in total. The monoisotopic (exact) mass is 670 g/mol. The van der Waals surface area contributed by atoms with Gasteiger partial charge in [0, 0.05) is 17.5 Å². The second-order valence-electron chi connectivity index (χ2n) is 11.0. The topological polar surface area (TPSA) is 37.3 Å². The van der Waals surface area contributed by atoms with Gasteiger partial charge in [-0.3, -0.25) is 4.79 Å². The molecular weight excluding hydrogens is 635 g/mol. The first-order valence-corrected chi connectivity index (χ1v) is 17.2. The fourth-order valence-corrected chi connectivity index (χ4v) is 11.0. The first-order valence-electron chi connectivity index (χ1n) is 15.2. The molecule has 0 saturated heterocycles. The Labute approximate surface area is 277 Å². The highest BCUT2D eigenvalue weighted by atomic mass is 79.9. The summed E-state index contributed by atoms with van der Waals surface area (Å²) >= 11 is 0. The van der Waals surface area contributed by atoms with Crippen LogP contribution in [0.4, 0.5) is 0 Å². The van der Waals surface area contributed by atoms with Crippen LogP contribution in [0, 0.1) is 0 Å². The number of rotatable bonds is 11. The standard InChI is InChI=1S/C41H35O2P.BrH/c42-39(43)28-16-17-31-44(35-24-12-4-13-25-35,36-26-14-5-15-27-36)38-30-29-37(32-18-6-1-7-19-32)40(33-20-8-2-9-21-33)41(38)34-22-10-3-11-23-34;/h1-15,18-27,29-30H,16-17,28,31H2;1H. The van der Waals surface area contributed by atoms with E-state index in [2.05, 4.69) is 164 Å². The van der Waals surface area contributed by atoms with Crippen LogP contribution in [-0.2, 0) is 4.79 Å². The summed E-state index contributed by atoms with van der Waals surface area (Å²) < 4.78 is 0. The largest absolute Gasteiger partial charge is 1.00 e. The van der Waals surface area contributed by atoms with Crippen molar-refractivity contribution in [3.05, 3.63) is 164 Å². The van der Waals surface area contributed by atoms with Gasteiger partial charge in [-0.25, -0.2) is 0 Å². The van der Waals surface area contributed by atoms with Crippen LogP contribution < -0.4 is 32.9 Å². The molecule has 0 unspecified atom stereocenters. The highest BCUT2D eigenvalue weighted by Gasteiger charge is 2.47. The van der Waals surface area contributed by atoms with Crippen molar-refractivity contribution in [3.63, 3.8) is 0 Å². The van der Waals surface area contributed by atoms with E-state index in [1.165, 1.54) is 49.3 Å². The van der Waals surface area contributed by atoms with Gasteiger partial charge in [0.15, 0.2) is 0 Å². The van der Waals surface area contributed by atoms with Crippen molar-refractivity contribution in [2.24, 2.45) is 0 Å². The van der Waals surface area contributed by atoms with Crippen LogP contribution in [0.25, 0.3) is 33.4 Å². The summed E-state index contributed by atoms with van der Waals surface area (Å²) in [5, 5.41) is 13.4. The maximum absolute atomic E-state index is 11.6. The Balaban J connectivity index is 0.00000400. The highest BCUT2D eigenvalue weighted by Crippen LogP contribution is 2.59. The number of halogens is 1. The van der Waals surface area contributed by atoms with Crippen LogP contribution in [0.3, 0.4) is 0 Å². The molecule has 0 amide bonds. The molecule has 0 atom stereocenters. The molecule has 1 N–H and O–H groups in total. The van der Waals surface area contributed by atoms with Crippen molar-refractivity contribution in [1.82, 2.24) is 0 Å². The van der Waals surface area contributed by atoms with Crippen LogP contribution in [0.2, 0.25) is 0 Å². The van der Waals surface area contributed by atoms with E-state index in [4.69, 9.17) is 0 Å². The molecule has 45 heavy (non-hydrogen) atoms. The molecule has 0 aliphatic carbocycles. The van der Waals surface area contributed by atoms with E-state index in [1.54, 1.807) is 0 Å². The zero-order valence-electron chi connectivity index (χ0n) is 25.1. The van der Waals surface area contributed by atoms with Crippen molar-refractivity contribution < 1.29 is 26.9 Å². The van der Waals surface area contributed by atoms with Crippen LogP contribution in [-0.4, -0.2) is 17.2 Å². The van der Waals surface area contributed by atoms with Gasteiger partial charge in [0.25, 0.3) is 0 Å². The first kappa shape index (κ1) is 32.1. The molecule has 0 aliphatic rings. The van der Waals surface area contributed by atoms with Gasteiger partial charge in [0.1, 0.15) is 23.2 Å². The number of carboxylic acids is 1. The van der Waals surface area contributed by atoms with Crippen molar-refractivity contribution in [2.45, 2.75) is 19.3 Å². The Kier molecular flexibility index (Phi) is 10.8. The van der Waals surface area contributed by atoms with E-state index in [1.807, 2.05) is 0 Å². The van der Waals surface area contributed by atoms with Crippen LogP contribution in [0.15, 0.2) is 164 Å². The normalized spacial score (nSPS) is 11.0. The summed E-state index contributed by atoms with van der Waals surface area (Å²) in [5.74, 6) is -0.739. The van der Waals surface area contributed by atoms with Crippen LogP contribution >= 0.6 is 7.26 Å². The number of aliphatic carboxylic acids is 1. The van der Waals surface area contributed by atoms with Gasteiger partial charge in [0.2, 0.25) is 0 Å². The van der Waals surface area contributed by atoms with E-state index < -0.39 is 13.2 Å². The molecular formula is C41H36BrO2P. The third-order valence-electron chi connectivity index (χ3n) is 8.33. The number of carbonyl (C=O) groups is 1. The molecule has 6 aromatic carbocycles. The molecule has 0 radical (unpaired) electrons. The number of benzene rings is 6. The van der Waals surface area contributed by atoms with E-state index >= 15 is 0 Å². The predicted molar refractivity (Wildman–Crippen MR) is 188 cm³/mol. The Hall–Kier alpha value is -4.30. The van der Waals surface area contributed by atoms with Gasteiger partial charge in [-0.1, -0.05) is 127 Å². The van der Waals surface area contributed by atoms with Crippen LogP contribution in [0.5, 0.6) is 0 Å². The first-order chi connectivity index (χ1) is 21.7. The van der Waals surface area contributed by atoms with Gasteiger partial charge in [-0.05, 0) is 71.5 Å². The van der Waals surface area contributed by atoms with Gasteiger partial charge >= 0.3 is 5.97 Å². The summed E-state index contributed by atoms with van der Waals surface area (Å²) in [5.41, 5.74) is 7.21. The predicted octanol–water partition coefficient (Wildman–Crippen LogP) is 6.24. The molecule has 0 aliphatic heterocycles. The van der Waals surface area contributed by atoms with Gasteiger partial charge in [0.05, 0.1) is 6.16 Å². The molecule has 0 fully saturated rings. The fourth-order valence-electron chi connectivity index (χ4n) is 6.37. The minimum absolute atomic E-state index is 0. The highest BCUT2D eigenvalue weighted by molar-refractivity contribution is 7.96. The zero-order valence-corrected chi connectivity index (χ0v) is 27.6. The van der Waals surface area contributed by atoms with E-state index in [9.17, 15) is 9.90 Å². The second-order valence-corrected chi connectivity index (χ2v) is 14.6. The van der Waals surface area contributed by atoms with E-state index in [0.29, 0.717) is 6.42 Å². The summed E-state index contributed by atoms with van der Waals surface area (Å²) in [6.07, 6.45) is 2.52. The van der Waals surface area contributed by atoms with Gasteiger partial charge in [-0.15, -0.1) is 0 Å². The Morgan fingerprint density at radius 3 is 1.38 bits per heavy atom. The van der Waals surface area contributed by atoms with Crippen molar-refractivity contribution >= 4 is 29.1 Å². The smallest absolute Gasteiger partial charge is 0.303 e. The zero-order chi connectivity index (χ0) is 30.2. The quantitative estimate of drug-likeness (QED) is 0.131. The number of hydrogen-bond donors (Lipinski definition) is 1. The molecule has 0 bridgehead atoms. The lowest BCUT2D eigenvalue weighted by atomic mass is 9.87. The molecule has 6 rings (SSSR count). The fraction of sp³-hybridized carbons (Fsp3) is 0.0976. The number of carboxylic acid groups (broad SMARTS) is 1. The molecule has 4 heteroatoms. The van der Waals surface area contributed by atoms with Crippen LogP contribution in [0.1, 0.15) is 19.3 Å². The molecule has 0 aromatic heterocycles. The average Bonchev–Trinajstić information content (AvgIpc) is 3.10. The van der Waals surface area contributed by atoms with Crippen molar-refractivity contribution in [2.75, 3.05) is 6.16 Å². The third-order valence-corrected chi connectivity index (χ3v) is 12.9. The summed E-state index contributed by atoms with van der Waals surface area (Å²) in [6, 6.07) is 58.7. The molecule has 6 aromatic rings. The lowest BCUT2D eigenvalue weighted by molar-refractivity contribution is -0.137. The summed E-state index contributed by atoms with van der Waals surface area (Å²) in [6.45, 7) is 0. The number of unbranched alkanes of at least 4 members (excludes halogenated alkanes) is 1. The van der Waals surface area contributed by atoms with Crippen molar-refractivity contribution in [1.29, 1.82) is 0 Å². The van der Waals surface area contributed by atoms with Gasteiger partial charge in [-0.2, -0.15) is 0 Å². The lowest BCUT2D eigenvalue weighted by Gasteiger charge is -2.31. The van der Waals surface area contributed by atoms with E-state index in [0.717, 1.165) is 12.6 Å². The lowest BCUT2D eigenvalue weighted by Crippen LogP contribution is -3.00. The van der Waals surface area contributed by atoms with Crippen molar-refractivity contribution in [3.8, 4) is 33.4 Å². The summed E-state index contributed by atoms with van der Waals surface area (Å²) in [7, 11) is -2.27. The second kappa shape index (κ2) is 15.1. The molecule has 0 saturated carbocycles. The third kappa shape index (κ3) is 6.86. The molecule has 0 heterocycles. The number of hydrogen-bond acceptors (Lipinski definition) is 1. The van der Waals surface area contributed by atoms with Gasteiger partial charge < -0.3 is 22.1 Å². The Morgan fingerprint density at radius 1 is 0.489 bits per heavy atom. The van der Waals surface area contributed by atoms with E-state index in [-0.39, 0.29) is 23.4 Å². The molecule has 224 valence electrons. The maximum Gasteiger partial charge on any atom is 0.303 e. The average molecular weight is 672 g/mol. The summed E-state index contributed by atoms with van der Waals surface area (Å²) in [4.78, 5) is 11.6. The molecule has 0 spiro atoms. The Bertz CT molecular complexity index is 1770. The minimum Gasteiger partial charge on any atom is -1.00 e. The maximum atomic E-state index is 11.6. The minimum atomic E-state index is -2.27. The Morgan fingerprint density at radius 2 is 0.911 bits per heavy atom.